The Morgan fingerprint density at radius 3 is 2.52 bits per heavy atom. The van der Waals surface area contributed by atoms with Gasteiger partial charge in [0.2, 0.25) is 0 Å². The average molecular weight is 322 g/mol. The maximum Gasteiger partial charge on any atom is 0.410 e. The van der Waals surface area contributed by atoms with E-state index in [0.717, 1.165) is 57.0 Å². The first kappa shape index (κ1) is 17.9. The van der Waals surface area contributed by atoms with E-state index >= 15 is 0 Å². The number of furan rings is 1. The van der Waals surface area contributed by atoms with Crippen LogP contribution >= 0.6 is 0 Å². The first-order valence-corrected chi connectivity index (χ1v) is 8.63. The molecule has 1 aliphatic heterocycles. The molecule has 1 aromatic heterocycles. The highest BCUT2D eigenvalue weighted by Crippen LogP contribution is 2.19. The molecule has 0 aromatic carbocycles. The topological polar surface area (TPSA) is 54.7 Å². The number of hydrogen-bond donors (Lipinski definition) is 1. The molecule has 130 valence electrons. The van der Waals surface area contributed by atoms with Crippen LogP contribution in [0.15, 0.2) is 16.5 Å². The van der Waals surface area contributed by atoms with Gasteiger partial charge in [0.25, 0.3) is 0 Å². The summed E-state index contributed by atoms with van der Waals surface area (Å²) in [7, 11) is 0. The Morgan fingerprint density at radius 1 is 1.30 bits per heavy atom. The predicted octanol–water partition coefficient (Wildman–Crippen LogP) is 3.58. The molecule has 0 aliphatic carbocycles. The van der Waals surface area contributed by atoms with E-state index in [1.54, 1.807) is 0 Å². The lowest BCUT2D eigenvalue weighted by molar-refractivity contribution is 0.0184. The number of carbonyl (C=O) groups excluding carboxylic acids is 1. The number of nitrogens with zero attached hydrogens (tertiary/aromatic N) is 1. The zero-order valence-electron chi connectivity index (χ0n) is 14.9. The lowest BCUT2D eigenvalue weighted by Crippen LogP contribution is -2.43. The van der Waals surface area contributed by atoms with E-state index < -0.39 is 5.60 Å². The van der Waals surface area contributed by atoms with Gasteiger partial charge in [0.05, 0.1) is 6.54 Å². The van der Waals surface area contributed by atoms with Crippen LogP contribution in [0.5, 0.6) is 0 Å². The van der Waals surface area contributed by atoms with Crippen molar-refractivity contribution in [3.63, 3.8) is 0 Å². The van der Waals surface area contributed by atoms with Crippen LogP contribution in [0.25, 0.3) is 0 Å². The first-order chi connectivity index (χ1) is 10.9. The second-order valence-electron chi connectivity index (χ2n) is 7.26. The fourth-order valence-corrected chi connectivity index (χ4v) is 2.75. The molecule has 1 fully saturated rings. The second kappa shape index (κ2) is 7.86. The van der Waals surface area contributed by atoms with Gasteiger partial charge in [-0.15, -0.1) is 0 Å². The smallest absolute Gasteiger partial charge is 0.410 e. The summed E-state index contributed by atoms with van der Waals surface area (Å²) in [4.78, 5) is 13.8. The number of hydrogen-bond acceptors (Lipinski definition) is 4. The molecule has 2 heterocycles. The minimum Gasteiger partial charge on any atom is -0.465 e. The summed E-state index contributed by atoms with van der Waals surface area (Å²) in [5.74, 6) is 2.63. The van der Waals surface area contributed by atoms with E-state index in [-0.39, 0.29) is 6.09 Å². The van der Waals surface area contributed by atoms with Crippen molar-refractivity contribution in [3.05, 3.63) is 23.7 Å². The van der Waals surface area contributed by atoms with Crippen LogP contribution < -0.4 is 5.32 Å². The maximum atomic E-state index is 12.0. The van der Waals surface area contributed by atoms with Gasteiger partial charge >= 0.3 is 6.09 Å². The minimum absolute atomic E-state index is 0.188. The second-order valence-corrected chi connectivity index (χ2v) is 7.26. The van der Waals surface area contributed by atoms with E-state index in [2.05, 4.69) is 12.2 Å². The maximum absolute atomic E-state index is 12.0. The zero-order chi connectivity index (χ0) is 16.9. The SMILES string of the molecule is CCc1ccc(CNCC2CCN(C(=O)OC(C)(C)C)CC2)o1. The Hall–Kier alpha value is -1.49. The van der Waals surface area contributed by atoms with E-state index in [1.807, 2.05) is 37.8 Å². The summed E-state index contributed by atoms with van der Waals surface area (Å²) < 4.78 is 11.1. The van der Waals surface area contributed by atoms with Crippen LogP contribution in [0.4, 0.5) is 4.79 Å². The summed E-state index contributed by atoms with van der Waals surface area (Å²) >= 11 is 0. The van der Waals surface area contributed by atoms with Gasteiger partial charge in [0.1, 0.15) is 17.1 Å². The largest absolute Gasteiger partial charge is 0.465 e. The third kappa shape index (κ3) is 5.90. The van der Waals surface area contributed by atoms with Crippen LogP contribution in [0.1, 0.15) is 52.1 Å². The van der Waals surface area contributed by atoms with Gasteiger partial charge in [-0.1, -0.05) is 6.92 Å². The summed E-state index contributed by atoms with van der Waals surface area (Å²) in [5.41, 5.74) is -0.421. The van der Waals surface area contributed by atoms with Crippen molar-refractivity contribution in [2.24, 2.45) is 5.92 Å². The third-order valence-electron chi connectivity index (χ3n) is 4.06. The van der Waals surface area contributed by atoms with Crippen molar-refractivity contribution in [2.45, 2.75) is 59.1 Å². The highest BCUT2D eigenvalue weighted by atomic mass is 16.6. The molecule has 0 unspecified atom stereocenters. The summed E-state index contributed by atoms with van der Waals surface area (Å²) in [6.45, 7) is 11.1. The fourth-order valence-electron chi connectivity index (χ4n) is 2.75. The van der Waals surface area contributed by atoms with Crippen molar-refractivity contribution in [3.8, 4) is 0 Å². The summed E-state index contributed by atoms with van der Waals surface area (Å²) in [5, 5.41) is 3.46. The highest BCUT2D eigenvalue weighted by molar-refractivity contribution is 5.68. The van der Waals surface area contributed by atoms with Gasteiger partial charge in [-0.05, 0) is 58.2 Å². The van der Waals surface area contributed by atoms with Crippen LogP contribution in [0, 0.1) is 5.92 Å². The van der Waals surface area contributed by atoms with E-state index in [1.165, 1.54) is 0 Å². The third-order valence-corrected chi connectivity index (χ3v) is 4.06. The van der Waals surface area contributed by atoms with Gasteiger partial charge in [-0.2, -0.15) is 0 Å². The Kier molecular flexibility index (Phi) is 6.10. The lowest BCUT2D eigenvalue weighted by atomic mass is 9.97. The molecular weight excluding hydrogens is 292 g/mol. The number of rotatable bonds is 5. The van der Waals surface area contributed by atoms with Crippen LogP contribution in [0.3, 0.4) is 0 Å². The van der Waals surface area contributed by atoms with Crippen molar-refractivity contribution in [1.82, 2.24) is 10.2 Å². The summed E-state index contributed by atoms with van der Waals surface area (Å²) in [6, 6.07) is 4.08. The van der Waals surface area contributed by atoms with E-state index in [0.29, 0.717) is 5.92 Å². The number of likely N-dealkylation sites (tertiary alicyclic amines) is 1. The fraction of sp³-hybridized carbons (Fsp3) is 0.722. The standard InChI is InChI=1S/C18H30N2O3/c1-5-15-6-7-16(22-15)13-19-12-14-8-10-20(11-9-14)17(21)23-18(2,3)4/h6-7,14,19H,5,8-13H2,1-4H3. The Balaban J connectivity index is 1.65. The molecule has 0 spiro atoms. The minimum atomic E-state index is -0.421. The molecule has 1 aromatic rings. The predicted molar refractivity (Wildman–Crippen MR) is 90.3 cm³/mol. The molecular formula is C18H30N2O3. The molecule has 2 rings (SSSR count). The average Bonchev–Trinajstić information content (AvgIpc) is 2.94. The number of nitrogens with one attached hydrogen (secondary N) is 1. The van der Waals surface area contributed by atoms with E-state index in [4.69, 9.17) is 9.15 Å². The number of carbonyl (C=O) groups is 1. The lowest BCUT2D eigenvalue weighted by Gasteiger charge is -2.33. The van der Waals surface area contributed by atoms with Gasteiger partial charge in [-0.3, -0.25) is 0 Å². The Bertz CT molecular complexity index is 497. The molecule has 0 saturated carbocycles. The molecule has 0 radical (unpaired) electrons. The zero-order valence-corrected chi connectivity index (χ0v) is 14.9. The highest BCUT2D eigenvalue weighted by Gasteiger charge is 2.26. The van der Waals surface area contributed by atoms with Gasteiger partial charge < -0.3 is 19.4 Å². The number of amides is 1. The van der Waals surface area contributed by atoms with E-state index in [9.17, 15) is 4.79 Å². The Labute approximate surface area is 139 Å². The molecule has 1 N–H and O–H groups in total. The molecule has 0 atom stereocenters. The van der Waals surface area contributed by atoms with Gasteiger partial charge in [0.15, 0.2) is 0 Å². The molecule has 1 aliphatic rings. The molecule has 0 bridgehead atoms. The number of ether oxygens (including phenoxy) is 1. The monoisotopic (exact) mass is 322 g/mol. The number of aryl methyl sites for hydroxylation is 1. The molecule has 5 heteroatoms. The van der Waals surface area contributed by atoms with Gasteiger partial charge in [-0.25, -0.2) is 4.79 Å². The molecule has 1 saturated heterocycles. The normalized spacial score (nSPS) is 16.6. The summed E-state index contributed by atoms with van der Waals surface area (Å²) in [6.07, 6.45) is 2.78. The van der Waals surface area contributed by atoms with Gasteiger partial charge in [0, 0.05) is 19.5 Å². The van der Waals surface area contributed by atoms with Crippen LogP contribution in [-0.2, 0) is 17.7 Å². The van der Waals surface area contributed by atoms with Crippen LogP contribution in [0.2, 0.25) is 0 Å². The van der Waals surface area contributed by atoms with Crippen molar-refractivity contribution < 1.29 is 13.9 Å². The Morgan fingerprint density at radius 2 is 1.96 bits per heavy atom. The number of piperidine rings is 1. The first-order valence-electron chi connectivity index (χ1n) is 8.63. The van der Waals surface area contributed by atoms with Crippen molar-refractivity contribution in [2.75, 3.05) is 19.6 Å². The quantitative estimate of drug-likeness (QED) is 0.900. The van der Waals surface area contributed by atoms with Crippen molar-refractivity contribution >= 4 is 6.09 Å². The van der Waals surface area contributed by atoms with Crippen LogP contribution in [-0.4, -0.2) is 36.2 Å². The van der Waals surface area contributed by atoms with Crippen molar-refractivity contribution in [1.29, 1.82) is 0 Å². The molecule has 5 nitrogen and oxygen atoms in total. The molecule has 23 heavy (non-hydrogen) atoms. The molecule has 1 amide bonds.